The average Bonchev–Trinajstić information content (AvgIpc) is 2.74. The Labute approximate surface area is 183 Å². The van der Waals surface area contributed by atoms with E-state index in [2.05, 4.69) is 0 Å². The van der Waals surface area contributed by atoms with Gasteiger partial charge in [-0.3, -0.25) is 0 Å². The third kappa shape index (κ3) is 26.5. The molecule has 0 aliphatic rings. The van der Waals surface area contributed by atoms with Crippen LogP contribution in [0, 0.1) is 0 Å². The molecule has 0 rings (SSSR count). The van der Waals surface area contributed by atoms with Gasteiger partial charge < -0.3 is 40.5 Å². The van der Waals surface area contributed by atoms with Gasteiger partial charge in [0.2, 0.25) is 0 Å². The van der Waals surface area contributed by atoms with Gasteiger partial charge in [-0.15, -0.1) is 0 Å². The Kier molecular flexibility index (Phi) is 24.4. The van der Waals surface area contributed by atoms with Gasteiger partial charge in [0.1, 0.15) is 0 Å². The summed E-state index contributed by atoms with van der Waals surface area (Å²) in [6.07, 6.45) is 0.0139. The summed E-state index contributed by atoms with van der Waals surface area (Å²) in [6, 6.07) is 0. The summed E-state index contributed by atoms with van der Waals surface area (Å²) in [5.41, 5.74) is 0. The van der Waals surface area contributed by atoms with Gasteiger partial charge in [-0.25, -0.2) is 0 Å². The lowest BCUT2D eigenvalue weighted by atomic mass is 11.7. The Morgan fingerprint density at radius 3 is 0.586 bits per heavy atom. The van der Waals surface area contributed by atoms with Crippen molar-refractivity contribution in [2.45, 2.75) is 45.8 Å². The molecule has 1 N–H and O–H groups in total. The molecule has 0 amide bonds. The van der Waals surface area contributed by atoms with Crippen molar-refractivity contribution in [3.8, 4) is 0 Å². The normalized spacial score (nSPS) is 12.0. The van der Waals surface area contributed by atoms with E-state index in [9.17, 15) is 0 Å². The van der Waals surface area contributed by atoms with Crippen LogP contribution >= 0.6 is 0 Å². The highest BCUT2D eigenvalue weighted by molar-refractivity contribution is 6.66. The summed E-state index contributed by atoms with van der Waals surface area (Å²) >= 11 is 0. The van der Waals surface area contributed by atoms with Gasteiger partial charge in [0.05, 0.1) is 6.23 Å². The second kappa shape index (κ2) is 19.2. The van der Waals surface area contributed by atoms with Crippen LogP contribution in [0.5, 0.6) is 0 Å². The smallest absolute Gasteiger partial charge is 0.360 e. The lowest BCUT2D eigenvalue weighted by Gasteiger charge is -2.18. The molecular formula is C16H48O9Si4. The molecule has 0 bridgehead atoms. The highest BCUT2D eigenvalue weighted by Gasteiger charge is 2.26. The predicted molar refractivity (Wildman–Crippen MR) is 127 cm³/mol. The summed E-state index contributed by atoms with van der Waals surface area (Å²) < 4.78 is 39.8. The molecule has 0 aromatic carbocycles. The Hall–Kier alpha value is 0.508. The van der Waals surface area contributed by atoms with Crippen molar-refractivity contribution in [1.82, 2.24) is 0 Å². The predicted octanol–water partition coefficient (Wildman–Crippen LogP) is 2.83. The molecule has 0 aromatic heterocycles. The van der Waals surface area contributed by atoms with Crippen molar-refractivity contribution in [1.29, 1.82) is 0 Å². The van der Waals surface area contributed by atoms with Crippen molar-refractivity contribution in [3.63, 3.8) is 0 Å². The summed E-state index contributed by atoms with van der Waals surface area (Å²) in [5, 5.41) is 8.60. The van der Waals surface area contributed by atoms with E-state index in [4.69, 9.17) is 40.5 Å². The van der Waals surface area contributed by atoms with Gasteiger partial charge in [-0.05, 0) is 45.8 Å². The van der Waals surface area contributed by atoms with E-state index in [1.165, 1.54) is 0 Å². The van der Waals surface area contributed by atoms with Crippen molar-refractivity contribution in [2.24, 2.45) is 0 Å². The molecule has 0 aliphatic heterocycles. The molecule has 0 heterocycles. The fourth-order valence-electron chi connectivity index (χ4n) is 0.462. The maximum absolute atomic E-state index is 8.60. The third-order valence-electron chi connectivity index (χ3n) is 4.10. The van der Waals surface area contributed by atoms with E-state index >= 15 is 0 Å². The second-order valence-electron chi connectivity index (χ2n) is 7.12. The highest BCUT2D eigenvalue weighted by atomic mass is 28.4. The maximum Gasteiger partial charge on any atom is 0.360 e. The number of hydrogen-bond acceptors (Lipinski definition) is 9. The van der Waals surface area contributed by atoms with Crippen LogP contribution in [-0.2, 0) is 35.4 Å². The maximum atomic E-state index is 8.60. The molecule has 0 aliphatic carbocycles. The summed E-state index contributed by atoms with van der Waals surface area (Å²) in [7, 11) is 6.08. The van der Waals surface area contributed by atoms with Gasteiger partial charge in [0, 0.05) is 56.9 Å². The molecule has 0 spiro atoms. The Bertz CT molecular complexity index is 291. The molecular weight excluding hydrogens is 449 g/mol. The minimum atomic E-state index is -2.12. The van der Waals surface area contributed by atoms with Gasteiger partial charge in [-0.1, -0.05) is 0 Å². The first-order chi connectivity index (χ1) is 13.0. The molecule has 29 heavy (non-hydrogen) atoms. The molecule has 0 atom stereocenters. The van der Waals surface area contributed by atoms with Crippen molar-refractivity contribution in [3.05, 3.63) is 0 Å². The van der Waals surface area contributed by atoms with Crippen LogP contribution in [0.3, 0.4) is 0 Å². The Morgan fingerprint density at radius 1 is 0.414 bits per heavy atom. The molecule has 0 fully saturated rings. The number of rotatable bonds is 9. The minimum absolute atomic E-state index is 0.0139. The van der Waals surface area contributed by atoms with Crippen molar-refractivity contribution >= 4 is 34.2 Å². The molecule has 0 radical (unpaired) electrons. The first-order valence-electron chi connectivity index (χ1n) is 9.07. The van der Waals surface area contributed by atoms with Crippen LogP contribution in [0.25, 0.3) is 0 Å². The Morgan fingerprint density at radius 2 is 0.586 bits per heavy atom. The lowest BCUT2D eigenvalue weighted by molar-refractivity contribution is 0.204. The van der Waals surface area contributed by atoms with E-state index < -0.39 is 34.2 Å². The van der Waals surface area contributed by atoms with Crippen LogP contribution in [0.4, 0.5) is 0 Å². The standard InChI is InChI=1S/C4H12O3Si.3C4H12O2Si/c1-6-8(3,4-5)7-2;3*1-5-7(3,4)6-2/h5H,4H2,1-3H3;3*1-4H3. The quantitative estimate of drug-likeness (QED) is 0.483. The first-order valence-corrected chi connectivity index (χ1v) is 20.0. The first kappa shape index (κ1) is 36.9. The molecule has 0 saturated heterocycles. The van der Waals surface area contributed by atoms with Gasteiger partial charge >= 0.3 is 34.2 Å². The summed E-state index contributed by atoms with van der Waals surface area (Å²) in [4.78, 5) is 0. The summed E-state index contributed by atoms with van der Waals surface area (Å²) in [6.45, 7) is 13.8. The molecule has 182 valence electrons. The zero-order valence-corrected chi connectivity index (χ0v) is 25.4. The van der Waals surface area contributed by atoms with Crippen LogP contribution < -0.4 is 0 Å². The number of aliphatic hydroxyl groups excluding tert-OH is 1. The van der Waals surface area contributed by atoms with Crippen molar-refractivity contribution in [2.75, 3.05) is 63.1 Å². The number of aliphatic hydroxyl groups is 1. The SMILES string of the molecule is CO[Si](C)(C)OC.CO[Si](C)(C)OC.CO[Si](C)(C)OC.CO[Si](C)(CO)OC. The fourth-order valence-corrected chi connectivity index (χ4v) is 1.39. The second-order valence-corrected chi connectivity index (χ2v) is 21.4. The third-order valence-corrected chi connectivity index (χ3v) is 12.3. The zero-order valence-electron chi connectivity index (χ0n) is 21.4. The van der Waals surface area contributed by atoms with Gasteiger partial charge in [0.15, 0.2) is 0 Å². The largest absolute Gasteiger partial charge is 0.398 e. The molecule has 0 saturated carbocycles. The number of hydrogen-bond donors (Lipinski definition) is 1. The monoisotopic (exact) mass is 496 g/mol. The lowest BCUT2D eigenvalue weighted by Crippen LogP contribution is -2.40. The summed E-state index contributed by atoms with van der Waals surface area (Å²) in [5.74, 6) is 0. The van der Waals surface area contributed by atoms with E-state index in [1.54, 1.807) is 63.4 Å². The zero-order chi connectivity index (χ0) is 24.4. The molecule has 0 unspecified atom stereocenters. The van der Waals surface area contributed by atoms with E-state index in [1.807, 2.05) is 39.3 Å². The van der Waals surface area contributed by atoms with Crippen LogP contribution in [-0.4, -0.2) is 102 Å². The highest BCUT2D eigenvalue weighted by Crippen LogP contribution is 2.01. The molecule has 0 aromatic rings. The van der Waals surface area contributed by atoms with Crippen LogP contribution in [0.15, 0.2) is 0 Å². The van der Waals surface area contributed by atoms with Gasteiger partial charge in [0.25, 0.3) is 0 Å². The molecule has 13 heteroatoms. The Balaban J connectivity index is -0.000000144. The van der Waals surface area contributed by atoms with Crippen molar-refractivity contribution < 1.29 is 40.5 Å². The average molecular weight is 497 g/mol. The van der Waals surface area contributed by atoms with Crippen LogP contribution in [0.2, 0.25) is 45.8 Å². The van der Waals surface area contributed by atoms with E-state index in [-0.39, 0.29) is 6.23 Å². The van der Waals surface area contributed by atoms with Gasteiger partial charge in [-0.2, -0.15) is 0 Å². The topological polar surface area (TPSA) is 94.1 Å². The minimum Gasteiger partial charge on any atom is -0.398 e. The van der Waals surface area contributed by atoms with E-state index in [0.29, 0.717) is 0 Å². The van der Waals surface area contributed by atoms with Crippen LogP contribution in [0.1, 0.15) is 0 Å². The fraction of sp³-hybridized carbons (Fsp3) is 1.00. The van der Waals surface area contributed by atoms with E-state index in [0.717, 1.165) is 0 Å². The molecule has 9 nitrogen and oxygen atoms in total.